The molecule has 25 heavy (non-hydrogen) atoms. The summed E-state index contributed by atoms with van der Waals surface area (Å²) in [5.74, 6) is 0.458. The largest absolute Gasteiger partial charge is 0.356 e. The van der Waals surface area contributed by atoms with Crippen LogP contribution in [-0.4, -0.2) is 32.0 Å². The molecule has 1 N–H and O–H groups in total. The minimum Gasteiger partial charge on any atom is -0.356 e. The van der Waals surface area contributed by atoms with Crippen LogP contribution in [0, 0.1) is 12.8 Å². The SMILES string of the molecule is CCCCNC(=O)[C@H](CCC)Cc1cc(Cl)nc(-n2cnc(C)c2)n1. The summed E-state index contributed by atoms with van der Waals surface area (Å²) < 4.78 is 1.74. The van der Waals surface area contributed by atoms with Gasteiger partial charge in [0.1, 0.15) is 11.5 Å². The summed E-state index contributed by atoms with van der Waals surface area (Å²) in [4.78, 5) is 25.5. The molecule has 2 aromatic heterocycles. The second-order valence-corrected chi connectivity index (χ2v) is 6.63. The van der Waals surface area contributed by atoms with Gasteiger partial charge in [0.05, 0.1) is 5.69 Å². The summed E-state index contributed by atoms with van der Waals surface area (Å²) in [6.45, 7) is 6.82. The average Bonchev–Trinajstić information content (AvgIpc) is 3.00. The Labute approximate surface area is 154 Å². The normalized spacial score (nSPS) is 12.2. The maximum atomic E-state index is 12.5. The molecule has 1 amide bonds. The first-order valence-electron chi connectivity index (χ1n) is 8.85. The maximum Gasteiger partial charge on any atom is 0.236 e. The van der Waals surface area contributed by atoms with Crippen molar-refractivity contribution in [3.8, 4) is 5.95 Å². The van der Waals surface area contributed by atoms with E-state index < -0.39 is 0 Å². The van der Waals surface area contributed by atoms with Gasteiger partial charge in [-0.3, -0.25) is 9.36 Å². The van der Waals surface area contributed by atoms with Gasteiger partial charge in [-0.2, -0.15) is 0 Å². The first-order chi connectivity index (χ1) is 12.0. The van der Waals surface area contributed by atoms with E-state index in [9.17, 15) is 4.79 Å². The van der Waals surface area contributed by atoms with Gasteiger partial charge in [-0.15, -0.1) is 0 Å². The Morgan fingerprint density at radius 3 is 2.76 bits per heavy atom. The molecule has 0 aliphatic rings. The van der Waals surface area contributed by atoms with Crippen LogP contribution < -0.4 is 5.32 Å². The van der Waals surface area contributed by atoms with Crippen LogP contribution in [0.3, 0.4) is 0 Å². The van der Waals surface area contributed by atoms with E-state index in [0.29, 0.717) is 17.5 Å². The number of imidazole rings is 1. The molecule has 2 heterocycles. The summed E-state index contributed by atoms with van der Waals surface area (Å²) in [7, 11) is 0. The smallest absolute Gasteiger partial charge is 0.236 e. The molecule has 0 aliphatic heterocycles. The van der Waals surface area contributed by atoms with Crippen molar-refractivity contribution >= 4 is 17.5 Å². The van der Waals surface area contributed by atoms with E-state index in [2.05, 4.69) is 34.1 Å². The van der Waals surface area contributed by atoms with Crippen molar-refractivity contribution in [2.45, 2.75) is 52.9 Å². The number of hydrogen-bond acceptors (Lipinski definition) is 4. The monoisotopic (exact) mass is 363 g/mol. The average molecular weight is 364 g/mol. The highest BCUT2D eigenvalue weighted by molar-refractivity contribution is 6.29. The van der Waals surface area contributed by atoms with Crippen LogP contribution in [0.4, 0.5) is 0 Å². The third-order valence-electron chi connectivity index (χ3n) is 3.97. The summed E-state index contributed by atoms with van der Waals surface area (Å²) in [6, 6.07) is 1.73. The lowest BCUT2D eigenvalue weighted by molar-refractivity contribution is -0.125. The van der Waals surface area contributed by atoms with Crippen LogP contribution in [0.15, 0.2) is 18.6 Å². The van der Waals surface area contributed by atoms with Gasteiger partial charge in [0.2, 0.25) is 11.9 Å². The molecule has 136 valence electrons. The molecule has 2 aromatic rings. The van der Waals surface area contributed by atoms with Crippen LogP contribution in [-0.2, 0) is 11.2 Å². The van der Waals surface area contributed by atoms with Gasteiger partial charge < -0.3 is 5.32 Å². The fourth-order valence-electron chi connectivity index (χ4n) is 2.66. The molecule has 0 fully saturated rings. The zero-order valence-corrected chi connectivity index (χ0v) is 15.9. The van der Waals surface area contributed by atoms with Gasteiger partial charge in [0.25, 0.3) is 0 Å². The molecule has 0 unspecified atom stereocenters. The lowest BCUT2D eigenvalue weighted by Gasteiger charge is -2.16. The molecule has 6 nitrogen and oxygen atoms in total. The number of aryl methyl sites for hydroxylation is 1. The van der Waals surface area contributed by atoms with Crippen LogP contribution in [0.1, 0.15) is 50.9 Å². The van der Waals surface area contributed by atoms with E-state index in [-0.39, 0.29) is 11.8 Å². The number of rotatable bonds is 9. The quantitative estimate of drug-likeness (QED) is 0.546. The highest BCUT2D eigenvalue weighted by atomic mass is 35.5. The van der Waals surface area contributed by atoms with Gasteiger partial charge in [-0.1, -0.05) is 38.3 Å². The molecule has 0 saturated carbocycles. The maximum absolute atomic E-state index is 12.5. The summed E-state index contributed by atoms with van der Waals surface area (Å²) in [5.41, 5.74) is 1.65. The molecule has 7 heteroatoms. The standard InChI is InChI=1S/C18H26ClN5O/c1-4-6-8-20-17(25)14(7-5-2)9-15-10-16(19)23-18(22-15)24-11-13(3)21-12-24/h10-12,14H,4-9H2,1-3H3,(H,20,25)/t14-/m1/s1. The number of carbonyl (C=O) groups excluding carboxylic acids is 1. The molecule has 0 saturated heterocycles. The van der Waals surface area contributed by atoms with Crippen molar-refractivity contribution in [2.24, 2.45) is 5.92 Å². The molecular weight excluding hydrogens is 338 g/mol. The third-order valence-corrected chi connectivity index (χ3v) is 4.17. The predicted octanol–water partition coefficient (Wildman–Crippen LogP) is 3.50. The number of nitrogens with zero attached hydrogens (tertiary/aromatic N) is 4. The van der Waals surface area contributed by atoms with E-state index in [4.69, 9.17) is 11.6 Å². The lowest BCUT2D eigenvalue weighted by Crippen LogP contribution is -2.32. The zero-order chi connectivity index (χ0) is 18.2. The Morgan fingerprint density at radius 1 is 1.32 bits per heavy atom. The van der Waals surface area contributed by atoms with E-state index in [0.717, 1.165) is 43.6 Å². The minimum atomic E-state index is -0.106. The topological polar surface area (TPSA) is 72.7 Å². The lowest BCUT2D eigenvalue weighted by atomic mass is 9.96. The van der Waals surface area contributed by atoms with E-state index in [1.54, 1.807) is 17.0 Å². The molecule has 0 aromatic carbocycles. The van der Waals surface area contributed by atoms with Crippen molar-refractivity contribution < 1.29 is 4.79 Å². The first-order valence-corrected chi connectivity index (χ1v) is 9.23. The summed E-state index contributed by atoms with van der Waals surface area (Å²) in [6.07, 6.45) is 7.87. The molecule has 1 atom stereocenters. The highest BCUT2D eigenvalue weighted by Gasteiger charge is 2.19. The second-order valence-electron chi connectivity index (χ2n) is 6.24. The Balaban J connectivity index is 2.15. The zero-order valence-electron chi connectivity index (χ0n) is 15.1. The second kappa shape index (κ2) is 9.51. The van der Waals surface area contributed by atoms with Gasteiger partial charge in [-0.25, -0.2) is 15.0 Å². The molecule has 0 aliphatic carbocycles. The fraction of sp³-hybridized carbons (Fsp3) is 0.556. The van der Waals surface area contributed by atoms with Crippen molar-refractivity contribution in [3.05, 3.63) is 35.1 Å². The number of aromatic nitrogens is 4. The minimum absolute atomic E-state index is 0.0880. The molecule has 0 spiro atoms. The number of nitrogens with one attached hydrogen (secondary N) is 1. The van der Waals surface area contributed by atoms with E-state index in [1.165, 1.54) is 0 Å². The van der Waals surface area contributed by atoms with Gasteiger partial charge in [0.15, 0.2) is 0 Å². The fourth-order valence-corrected chi connectivity index (χ4v) is 2.86. The highest BCUT2D eigenvalue weighted by Crippen LogP contribution is 2.17. The van der Waals surface area contributed by atoms with Gasteiger partial charge in [0, 0.05) is 30.8 Å². The molecular formula is C18H26ClN5O. The Kier molecular flexibility index (Phi) is 7.37. The van der Waals surface area contributed by atoms with E-state index in [1.807, 2.05) is 13.1 Å². The van der Waals surface area contributed by atoms with Gasteiger partial charge >= 0.3 is 0 Å². The van der Waals surface area contributed by atoms with Crippen LogP contribution in [0.25, 0.3) is 5.95 Å². The number of amides is 1. The van der Waals surface area contributed by atoms with Crippen LogP contribution in [0.5, 0.6) is 0 Å². The third kappa shape index (κ3) is 5.81. The Morgan fingerprint density at radius 2 is 2.12 bits per heavy atom. The summed E-state index contributed by atoms with van der Waals surface area (Å²) >= 11 is 6.16. The Hall–Kier alpha value is -1.95. The predicted molar refractivity (Wildman–Crippen MR) is 98.9 cm³/mol. The number of halogens is 1. The molecule has 0 radical (unpaired) electrons. The number of unbranched alkanes of at least 4 members (excludes halogenated alkanes) is 1. The van der Waals surface area contributed by atoms with Crippen LogP contribution in [0.2, 0.25) is 5.15 Å². The summed E-state index contributed by atoms with van der Waals surface area (Å²) in [5, 5.41) is 3.39. The van der Waals surface area contributed by atoms with Crippen molar-refractivity contribution in [2.75, 3.05) is 6.54 Å². The van der Waals surface area contributed by atoms with Gasteiger partial charge in [-0.05, 0) is 25.8 Å². The van der Waals surface area contributed by atoms with Crippen LogP contribution >= 0.6 is 11.6 Å². The Bertz CT molecular complexity index is 701. The van der Waals surface area contributed by atoms with Crippen molar-refractivity contribution in [3.63, 3.8) is 0 Å². The number of carbonyl (C=O) groups is 1. The first kappa shape index (κ1) is 19.4. The van der Waals surface area contributed by atoms with E-state index >= 15 is 0 Å². The van der Waals surface area contributed by atoms with Crippen molar-refractivity contribution in [1.29, 1.82) is 0 Å². The molecule has 2 rings (SSSR count). The number of hydrogen-bond donors (Lipinski definition) is 1. The van der Waals surface area contributed by atoms with Crippen molar-refractivity contribution in [1.82, 2.24) is 24.8 Å². The molecule has 0 bridgehead atoms.